The third kappa shape index (κ3) is 3.36. The molecule has 0 N–H and O–H groups in total. The third-order valence-electron chi connectivity index (χ3n) is 3.53. The molecular weight excluding hydrogens is 314 g/mol. The molecule has 2 heterocycles. The Kier molecular flexibility index (Phi) is 4.54. The zero-order valence-electron chi connectivity index (χ0n) is 11.8. The van der Waals surface area contributed by atoms with Crippen molar-refractivity contribution in [2.24, 2.45) is 0 Å². The Morgan fingerprint density at radius 3 is 2.91 bits per heavy atom. The predicted molar refractivity (Wildman–Crippen MR) is 77.2 cm³/mol. The van der Waals surface area contributed by atoms with E-state index in [0.717, 1.165) is 0 Å². The van der Waals surface area contributed by atoms with Crippen molar-refractivity contribution in [1.29, 1.82) is 0 Å². The lowest BCUT2D eigenvalue weighted by Gasteiger charge is -2.27. The van der Waals surface area contributed by atoms with Crippen LogP contribution in [-0.2, 0) is 13.1 Å². The van der Waals surface area contributed by atoms with Crippen molar-refractivity contribution in [3.63, 3.8) is 0 Å². The van der Waals surface area contributed by atoms with Gasteiger partial charge in [-0.3, -0.25) is 4.90 Å². The predicted octanol–water partition coefficient (Wildman–Crippen LogP) is 2.76. The van der Waals surface area contributed by atoms with Gasteiger partial charge in [-0.25, -0.2) is 8.78 Å². The average Bonchev–Trinajstić information content (AvgIpc) is 2.90. The van der Waals surface area contributed by atoms with Gasteiger partial charge < -0.3 is 9.30 Å². The van der Waals surface area contributed by atoms with E-state index < -0.39 is 6.43 Å². The number of aromatic nitrogens is 3. The lowest BCUT2D eigenvalue weighted by Crippen LogP contribution is -2.37. The largest absolute Gasteiger partial charge is 0.492 e. The molecule has 5 nitrogen and oxygen atoms in total. The van der Waals surface area contributed by atoms with E-state index in [1.807, 2.05) is 12.1 Å². The van der Waals surface area contributed by atoms with Crippen LogP contribution in [0.15, 0.2) is 24.3 Å². The smallest absolute Gasteiger partial charge is 0.297 e. The Labute approximate surface area is 131 Å². The molecule has 1 aromatic heterocycles. The SMILES string of the molecule is FC(F)c1nnc2n1CCN(CCOc1cccc(Cl)c1)C2. The summed E-state index contributed by atoms with van der Waals surface area (Å²) >= 11 is 5.89. The van der Waals surface area contributed by atoms with Gasteiger partial charge in [0.15, 0.2) is 5.82 Å². The van der Waals surface area contributed by atoms with Gasteiger partial charge in [-0.1, -0.05) is 17.7 Å². The highest BCUT2D eigenvalue weighted by Gasteiger charge is 2.24. The summed E-state index contributed by atoms with van der Waals surface area (Å²) in [5.74, 6) is 1.04. The molecule has 2 aromatic rings. The van der Waals surface area contributed by atoms with Gasteiger partial charge in [-0.15, -0.1) is 10.2 Å². The minimum atomic E-state index is -2.58. The van der Waals surface area contributed by atoms with Crippen molar-refractivity contribution in [2.45, 2.75) is 19.5 Å². The fourth-order valence-corrected chi connectivity index (χ4v) is 2.61. The fourth-order valence-electron chi connectivity index (χ4n) is 2.43. The molecular formula is C14H15ClF2N4O. The highest BCUT2D eigenvalue weighted by atomic mass is 35.5. The summed E-state index contributed by atoms with van der Waals surface area (Å²) in [5, 5.41) is 8.03. The molecule has 3 rings (SSSR count). The molecule has 1 aliphatic heterocycles. The van der Waals surface area contributed by atoms with Crippen molar-refractivity contribution >= 4 is 11.6 Å². The maximum Gasteiger partial charge on any atom is 0.297 e. The van der Waals surface area contributed by atoms with Crippen molar-refractivity contribution in [3.05, 3.63) is 40.9 Å². The molecule has 0 amide bonds. The Morgan fingerprint density at radius 2 is 2.14 bits per heavy atom. The molecule has 0 bridgehead atoms. The Morgan fingerprint density at radius 1 is 1.27 bits per heavy atom. The Bertz CT molecular complexity index is 650. The second kappa shape index (κ2) is 6.58. The van der Waals surface area contributed by atoms with Gasteiger partial charge in [-0.2, -0.15) is 0 Å². The maximum absolute atomic E-state index is 12.7. The summed E-state index contributed by atoms with van der Waals surface area (Å²) in [6, 6.07) is 7.20. The summed E-state index contributed by atoms with van der Waals surface area (Å²) in [5.41, 5.74) is 0. The molecule has 1 aromatic carbocycles. The molecule has 0 fully saturated rings. The monoisotopic (exact) mass is 328 g/mol. The number of halogens is 3. The van der Waals surface area contributed by atoms with Gasteiger partial charge in [-0.05, 0) is 18.2 Å². The highest BCUT2D eigenvalue weighted by Crippen LogP contribution is 2.21. The van der Waals surface area contributed by atoms with Crippen molar-refractivity contribution < 1.29 is 13.5 Å². The van der Waals surface area contributed by atoms with E-state index in [4.69, 9.17) is 16.3 Å². The van der Waals surface area contributed by atoms with Crippen LogP contribution in [0, 0.1) is 0 Å². The molecule has 22 heavy (non-hydrogen) atoms. The lowest BCUT2D eigenvalue weighted by molar-refractivity contribution is 0.126. The zero-order valence-corrected chi connectivity index (χ0v) is 12.5. The van der Waals surface area contributed by atoms with Crippen molar-refractivity contribution in [1.82, 2.24) is 19.7 Å². The van der Waals surface area contributed by atoms with E-state index in [1.54, 1.807) is 12.1 Å². The van der Waals surface area contributed by atoms with E-state index >= 15 is 0 Å². The topological polar surface area (TPSA) is 43.2 Å². The van der Waals surface area contributed by atoms with Gasteiger partial charge in [0, 0.05) is 24.7 Å². The minimum Gasteiger partial charge on any atom is -0.492 e. The van der Waals surface area contributed by atoms with Crippen LogP contribution in [0.25, 0.3) is 0 Å². The van der Waals surface area contributed by atoms with E-state index in [1.165, 1.54) is 4.57 Å². The number of alkyl halides is 2. The molecule has 0 atom stereocenters. The summed E-state index contributed by atoms with van der Waals surface area (Å²) in [4.78, 5) is 2.10. The van der Waals surface area contributed by atoms with Gasteiger partial charge in [0.1, 0.15) is 18.2 Å². The second-order valence-corrected chi connectivity index (χ2v) is 5.45. The first kappa shape index (κ1) is 15.2. The highest BCUT2D eigenvalue weighted by molar-refractivity contribution is 6.30. The fraction of sp³-hybridized carbons (Fsp3) is 0.429. The number of ether oxygens (including phenoxy) is 1. The van der Waals surface area contributed by atoms with Crippen LogP contribution in [-0.4, -0.2) is 39.4 Å². The molecule has 0 radical (unpaired) electrons. The number of rotatable bonds is 5. The molecule has 0 unspecified atom stereocenters. The van der Waals surface area contributed by atoms with Crippen LogP contribution in [0.3, 0.4) is 0 Å². The standard InChI is InChI=1S/C14H15ClF2N4O/c15-10-2-1-3-11(8-10)22-7-6-20-4-5-21-12(9-20)18-19-14(21)13(16)17/h1-3,8,13H,4-7,9H2. The first-order valence-corrected chi connectivity index (χ1v) is 7.32. The number of fused-ring (bicyclic) bond motifs is 1. The first-order valence-electron chi connectivity index (χ1n) is 6.94. The van der Waals surface area contributed by atoms with Gasteiger partial charge in [0.25, 0.3) is 6.43 Å². The molecule has 0 saturated carbocycles. The number of hydrogen-bond donors (Lipinski definition) is 0. The van der Waals surface area contributed by atoms with Crippen molar-refractivity contribution in [3.8, 4) is 5.75 Å². The molecule has 0 aliphatic carbocycles. The molecule has 118 valence electrons. The number of nitrogens with zero attached hydrogens (tertiary/aromatic N) is 4. The first-order chi connectivity index (χ1) is 10.6. The number of hydrogen-bond acceptors (Lipinski definition) is 4. The Hall–Kier alpha value is -1.73. The molecule has 0 saturated heterocycles. The summed E-state index contributed by atoms with van der Waals surface area (Å²) < 4.78 is 32.6. The molecule has 0 spiro atoms. The van der Waals surface area contributed by atoms with Crippen LogP contribution in [0.5, 0.6) is 5.75 Å². The van der Waals surface area contributed by atoms with Crippen LogP contribution in [0.1, 0.15) is 18.1 Å². The lowest BCUT2D eigenvalue weighted by atomic mass is 10.3. The van der Waals surface area contributed by atoms with Crippen LogP contribution >= 0.6 is 11.6 Å². The zero-order chi connectivity index (χ0) is 15.5. The van der Waals surface area contributed by atoms with Crippen LogP contribution < -0.4 is 4.74 Å². The van der Waals surface area contributed by atoms with Crippen LogP contribution in [0.2, 0.25) is 5.02 Å². The third-order valence-corrected chi connectivity index (χ3v) is 3.76. The minimum absolute atomic E-state index is 0.246. The molecule has 1 aliphatic rings. The van der Waals surface area contributed by atoms with Gasteiger partial charge >= 0.3 is 0 Å². The van der Waals surface area contributed by atoms with Gasteiger partial charge in [0.05, 0.1) is 6.54 Å². The van der Waals surface area contributed by atoms with Crippen LogP contribution in [0.4, 0.5) is 8.78 Å². The number of benzene rings is 1. The van der Waals surface area contributed by atoms with E-state index in [0.29, 0.717) is 49.4 Å². The summed E-state index contributed by atoms with van der Waals surface area (Å²) in [6.07, 6.45) is -2.58. The molecule has 8 heteroatoms. The van der Waals surface area contributed by atoms with E-state index in [9.17, 15) is 8.78 Å². The quantitative estimate of drug-likeness (QED) is 0.846. The van der Waals surface area contributed by atoms with Crippen molar-refractivity contribution in [2.75, 3.05) is 19.7 Å². The summed E-state index contributed by atoms with van der Waals surface area (Å²) in [6.45, 7) is 2.82. The maximum atomic E-state index is 12.7. The normalized spacial score (nSPS) is 15.1. The average molecular weight is 329 g/mol. The Balaban J connectivity index is 1.53. The van der Waals surface area contributed by atoms with Gasteiger partial charge in [0.2, 0.25) is 0 Å². The second-order valence-electron chi connectivity index (χ2n) is 5.01. The summed E-state index contributed by atoms with van der Waals surface area (Å²) in [7, 11) is 0. The van der Waals surface area contributed by atoms with E-state index in [-0.39, 0.29) is 5.82 Å². The van der Waals surface area contributed by atoms with E-state index in [2.05, 4.69) is 15.1 Å².